The van der Waals surface area contributed by atoms with Crippen LogP contribution >= 0.6 is 0 Å². The summed E-state index contributed by atoms with van der Waals surface area (Å²) in [6.45, 7) is 5.87. The molecule has 2 aliphatic rings. The highest BCUT2D eigenvalue weighted by Crippen LogP contribution is 2.37. The van der Waals surface area contributed by atoms with Crippen LogP contribution in [0, 0.1) is 5.92 Å². The lowest BCUT2D eigenvalue weighted by Crippen LogP contribution is -2.42. The van der Waals surface area contributed by atoms with E-state index >= 15 is 0 Å². The minimum atomic E-state index is -0.523. The Morgan fingerprint density at radius 2 is 1.65 bits per heavy atom. The third-order valence-corrected chi connectivity index (χ3v) is 5.64. The summed E-state index contributed by atoms with van der Waals surface area (Å²) in [6, 6.07) is 12.8. The van der Waals surface area contributed by atoms with Gasteiger partial charge >= 0.3 is 5.97 Å². The summed E-state index contributed by atoms with van der Waals surface area (Å²) >= 11 is 0. The van der Waals surface area contributed by atoms with E-state index in [9.17, 15) is 9.59 Å². The Hall–Kier alpha value is -2.46. The summed E-state index contributed by atoms with van der Waals surface area (Å²) in [7, 11) is 0. The molecule has 26 heavy (non-hydrogen) atoms. The minimum Gasteiger partial charge on any atom is -0.456 e. The normalized spacial score (nSPS) is 16.9. The Morgan fingerprint density at radius 1 is 1.00 bits per heavy atom. The maximum atomic E-state index is 12.7. The molecule has 1 fully saturated rings. The van der Waals surface area contributed by atoms with E-state index in [0.29, 0.717) is 22.6 Å². The number of piperidine rings is 1. The number of hydrogen-bond donors (Lipinski definition) is 1. The zero-order chi connectivity index (χ0) is 18.3. The lowest BCUT2D eigenvalue weighted by molar-refractivity contribution is -0.0368. The van der Waals surface area contributed by atoms with Gasteiger partial charge in [0.1, 0.15) is 5.60 Å². The highest BCUT2D eigenvalue weighted by atomic mass is 16.6. The van der Waals surface area contributed by atoms with Crippen LogP contribution < -0.4 is 5.32 Å². The van der Waals surface area contributed by atoms with Gasteiger partial charge in [-0.1, -0.05) is 30.3 Å². The molecule has 2 aromatic rings. The van der Waals surface area contributed by atoms with Gasteiger partial charge in [-0.25, -0.2) is 4.79 Å². The number of carbonyl (C=O) groups is 2. The molecule has 1 heterocycles. The molecular weight excluding hydrogens is 326 g/mol. The van der Waals surface area contributed by atoms with Crippen LogP contribution in [0.4, 0.5) is 0 Å². The van der Waals surface area contributed by atoms with Crippen molar-refractivity contribution in [1.29, 1.82) is 0 Å². The highest BCUT2D eigenvalue weighted by Gasteiger charge is 2.35. The van der Waals surface area contributed by atoms with Gasteiger partial charge in [0.15, 0.2) is 5.78 Å². The highest BCUT2D eigenvalue weighted by molar-refractivity contribution is 6.22. The number of nitrogens with one attached hydrogen (secondary N) is 1. The van der Waals surface area contributed by atoms with Gasteiger partial charge in [-0.05, 0) is 63.0 Å². The second kappa shape index (κ2) is 6.36. The Balaban J connectivity index is 1.58. The Labute approximate surface area is 153 Å². The molecule has 0 spiro atoms. The van der Waals surface area contributed by atoms with Crippen LogP contribution in [0.15, 0.2) is 42.5 Å². The van der Waals surface area contributed by atoms with E-state index in [1.165, 1.54) is 0 Å². The number of ketones is 1. The maximum absolute atomic E-state index is 12.7. The summed E-state index contributed by atoms with van der Waals surface area (Å²) in [4.78, 5) is 25.4. The number of hydrogen-bond acceptors (Lipinski definition) is 4. The van der Waals surface area contributed by atoms with E-state index in [0.717, 1.165) is 37.1 Å². The van der Waals surface area contributed by atoms with Crippen molar-refractivity contribution < 1.29 is 14.3 Å². The standard InChI is InChI=1S/C22H23NO3/c1-22(2,15-9-11-23-12-10-15)26-21(25)14-7-8-17-16-5-3-4-6-18(16)20(24)19(17)13-14/h3-8,13,15,23H,9-12H2,1-2H3. The molecule has 1 N–H and O–H groups in total. The van der Waals surface area contributed by atoms with E-state index in [1.54, 1.807) is 12.1 Å². The van der Waals surface area contributed by atoms with Crippen LogP contribution in [0.5, 0.6) is 0 Å². The Bertz CT molecular complexity index is 879. The first-order chi connectivity index (χ1) is 12.5. The second-order valence-electron chi connectivity index (χ2n) is 7.65. The van der Waals surface area contributed by atoms with E-state index in [1.807, 2.05) is 44.2 Å². The van der Waals surface area contributed by atoms with Gasteiger partial charge in [0, 0.05) is 17.0 Å². The van der Waals surface area contributed by atoms with E-state index in [-0.39, 0.29) is 11.8 Å². The van der Waals surface area contributed by atoms with Gasteiger partial charge in [0.25, 0.3) is 0 Å². The van der Waals surface area contributed by atoms with Crippen molar-refractivity contribution in [2.45, 2.75) is 32.3 Å². The topological polar surface area (TPSA) is 55.4 Å². The van der Waals surface area contributed by atoms with Crippen molar-refractivity contribution >= 4 is 11.8 Å². The summed E-state index contributed by atoms with van der Waals surface area (Å²) < 4.78 is 5.86. The fraction of sp³-hybridized carbons (Fsp3) is 0.364. The quantitative estimate of drug-likeness (QED) is 0.730. The van der Waals surface area contributed by atoms with Crippen molar-refractivity contribution in [3.63, 3.8) is 0 Å². The Kier molecular flexibility index (Phi) is 4.16. The average Bonchev–Trinajstić information content (AvgIpc) is 2.95. The molecule has 0 aromatic heterocycles. The molecule has 4 heteroatoms. The molecule has 1 saturated heterocycles. The van der Waals surface area contributed by atoms with Crippen molar-refractivity contribution in [3.05, 3.63) is 59.2 Å². The predicted molar refractivity (Wildman–Crippen MR) is 100 cm³/mol. The van der Waals surface area contributed by atoms with Crippen LogP contribution in [0.3, 0.4) is 0 Å². The molecule has 4 nitrogen and oxygen atoms in total. The molecular formula is C22H23NO3. The number of carbonyl (C=O) groups excluding carboxylic acids is 2. The lowest BCUT2D eigenvalue weighted by atomic mass is 9.83. The van der Waals surface area contributed by atoms with Crippen molar-refractivity contribution in [2.24, 2.45) is 5.92 Å². The third-order valence-electron chi connectivity index (χ3n) is 5.64. The number of ether oxygens (including phenoxy) is 1. The molecule has 0 atom stereocenters. The molecule has 0 bridgehead atoms. The summed E-state index contributed by atoms with van der Waals surface area (Å²) in [5.41, 5.74) is 3.02. The number of benzene rings is 2. The van der Waals surface area contributed by atoms with Gasteiger partial charge in [-0.15, -0.1) is 0 Å². The predicted octanol–water partition coefficient (Wildman–Crippen LogP) is 3.83. The summed E-state index contributed by atoms with van der Waals surface area (Å²) in [5, 5.41) is 3.34. The largest absolute Gasteiger partial charge is 0.456 e. The van der Waals surface area contributed by atoms with Gasteiger partial charge in [0.2, 0.25) is 0 Å². The first-order valence-corrected chi connectivity index (χ1v) is 9.19. The summed E-state index contributed by atoms with van der Waals surface area (Å²) in [6.07, 6.45) is 2.00. The van der Waals surface area contributed by atoms with Gasteiger partial charge in [0.05, 0.1) is 5.56 Å². The minimum absolute atomic E-state index is 0.0251. The van der Waals surface area contributed by atoms with E-state index in [4.69, 9.17) is 4.74 Å². The molecule has 0 radical (unpaired) electrons. The zero-order valence-corrected chi connectivity index (χ0v) is 15.2. The summed E-state index contributed by atoms with van der Waals surface area (Å²) in [5.74, 6) is -0.0454. The molecule has 1 aliphatic carbocycles. The van der Waals surface area contributed by atoms with Crippen LogP contribution in [0.25, 0.3) is 11.1 Å². The van der Waals surface area contributed by atoms with Crippen LogP contribution in [-0.4, -0.2) is 30.4 Å². The molecule has 134 valence electrons. The SMILES string of the molecule is CC(C)(OC(=O)c1ccc2c(c1)C(=O)c1ccccc1-2)C1CCNCC1. The maximum Gasteiger partial charge on any atom is 0.338 e. The molecule has 1 aliphatic heterocycles. The van der Waals surface area contributed by atoms with Crippen LogP contribution in [-0.2, 0) is 4.74 Å². The molecule has 0 amide bonds. The molecule has 2 aromatic carbocycles. The molecule has 0 unspecified atom stereocenters. The van der Waals surface area contributed by atoms with Gasteiger partial charge in [-0.2, -0.15) is 0 Å². The monoisotopic (exact) mass is 349 g/mol. The van der Waals surface area contributed by atoms with Gasteiger partial charge < -0.3 is 10.1 Å². The van der Waals surface area contributed by atoms with Crippen LogP contribution in [0.2, 0.25) is 0 Å². The smallest absolute Gasteiger partial charge is 0.338 e. The van der Waals surface area contributed by atoms with Crippen molar-refractivity contribution in [2.75, 3.05) is 13.1 Å². The first-order valence-electron chi connectivity index (χ1n) is 9.19. The van der Waals surface area contributed by atoms with E-state index in [2.05, 4.69) is 5.32 Å². The first kappa shape index (κ1) is 17.0. The van der Waals surface area contributed by atoms with E-state index < -0.39 is 5.60 Å². The molecule has 4 rings (SSSR count). The average molecular weight is 349 g/mol. The van der Waals surface area contributed by atoms with Crippen molar-refractivity contribution in [1.82, 2.24) is 5.32 Å². The second-order valence-corrected chi connectivity index (χ2v) is 7.65. The Morgan fingerprint density at radius 3 is 2.38 bits per heavy atom. The molecule has 0 saturated carbocycles. The zero-order valence-electron chi connectivity index (χ0n) is 15.2. The number of rotatable bonds is 3. The lowest BCUT2D eigenvalue weighted by Gasteiger charge is -2.36. The number of esters is 1. The fourth-order valence-corrected chi connectivity index (χ4v) is 4.05. The van der Waals surface area contributed by atoms with Crippen molar-refractivity contribution in [3.8, 4) is 11.1 Å². The third kappa shape index (κ3) is 2.84. The number of fused-ring (bicyclic) bond motifs is 3. The fourth-order valence-electron chi connectivity index (χ4n) is 4.05. The van der Waals surface area contributed by atoms with Gasteiger partial charge in [-0.3, -0.25) is 4.79 Å². The van der Waals surface area contributed by atoms with Crippen LogP contribution in [0.1, 0.15) is 53.0 Å².